The highest BCUT2D eigenvalue weighted by atomic mass is 35.5. The molecular formula is C19H16ClFN4O2. The quantitative estimate of drug-likeness (QED) is 0.692. The third-order valence-corrected chi connectivity index (χ3v) is 4.10. The van der Waals surface area contributed by atoms with Crippen LogP contribution in [-0.4, -0.2) is 21.6 Å². The summed E-state index contributed by atoms with van der Waals surface area (Å²) in [5.41, 5.74) is 0.733. The number of anilines is 2. The third-order valence-electron chi connectivity index (χ3n) is 3.86. The highest BCUT2D eigenvalue weighted by Gasteiger charge is 2.16. The Kier molecular flexibility index (Phi) is 5.52. The standard InChI is InChI=1S/C19H16ClFN4O2/c1-12(25-9-3-8-22-25)18(26)23-14-4-2-5-15(11-14)24-19(27)16-10-13(20)6-7-17(16)21/h2-12H,1H3,(H,23,26)(H,24,27)/t12-/m0/s1. The Labute approximate surface area is 160 Å². The van der Waals surface area contributed by atoms with Gasteiger partial charge in [-0.15, -0.1) is 0 Å². The maximum Gasteiger partial charge on any atom is 0.258 e. The molecule has 0 radical (unpaired) electrons. The lowest BCUT2D eigenvalue weighted by atomic mass is 10.2. The molecule has 0 bridgehead atoms. The molecule has 0 unspecified atom stereocenters. The van der Waals surface area contributed by atoms with Crippen LogP contribution in [0.15, 0.2) is 60.9 Å². The molecular weight excluding hydrogens is 371 g/mol. The Bertz CT molecular complexity index is 976. The fourth-order valence-electron chi connectivity index (χ4n) is 2.42. The molecule has 6 nitrogen and oxygen atoms in total. The van der Waals surface area contributed by atoms with Gasteiger partial charge in [0.15, 0.2) is 0 Å². The number of nitrogens with one attached hydrogen (secondary N) is 2. The Hall–Kier alpha value is -3.19. The van der Waals surface area contributed by atoms with E-state index in [-0.39, 0.29) is 16.5 Å². The number of nitrogens with zero attached hydrogens (tertiary/aromatic N) is 2. The molecule has 0 saturated heterocycles. The van der Waals surface area contributed by atoms with E-state index in [2.05, 4.69) is 15.7 Å². The first-order chi connectivity index (χ1) is 12.9. The number of carbonyl (C=O) groups is 2. The van der Waals surface area contributed by atoms with E-state index in [1.807, 2.05) is 0 Å². The van der Waals surface area contributed by atoms with Gasteiger partial charge in [-0.1, -0.05) is 17.7 Å². The average Bonchev–Trinajstić information content (AvgIpc) is 3.18. The van der Waals surface area contributed by atoms with Gasteiger partial charge in [0.05, 0.1) is 5.56 Å². The minimum atomic E-state index is -0.672. The van der Waals surface area contributed by atoms with E-state index in [9.17, 15) is 14.0 Å². The number of hydrogen-bond acceptors (Lipinski definition) is 3. The Morgan fingerprint density at radius 1 is 1.11 bits per heavy atom. The molecule has 0 fully saturated rings. The van der Waals surface area contributed by atoms with Gasteiger partial charge in [0, 0.05) is 28.8 Å². The minimum Gasteiger partial charge on any atom is -0.324 e. The van der Waals surface area contributed by atoms with Crippen LogP contribution >= 0.6 is 11.6 Å². The minimum absolute atomic E-state index is 0.163. The largest absolute Gasteiger partial charge is 0.324 e. The highest BCUT2D eigenvalue weighted by Crippen LogP contribution is 2.20. The first kappa shape index (κ1) is 18.6. The fourth-order valence-corrected chi connectivity index (χ4v) is 2.59. The molecule has 3 aromatic rings. The lowest BCUT2D eigenvalue weighted by molar-refractivity contribution is -0.119. The zero-order chi connectivity index (χ0) is 19.4. The van der Waals surface area contributed by atoms with Crippen LogP contribution in [0.1, 0.15) is 23.3 Å². The van der Waals surface area contributed by atoms with Crippen LogP contribution in [-0.2, 0) is 4.79 Å². The molecule has 2 N–H and O–H groups in total. The number of carbonyl (C=O) groups excluding carboxylic acids is 2. The second-order valence-electron chi connectivity index (χ2n) is 5.81. The van der Waals surface area contributed by atoms with Crippen LogP contribution < -0.4 is 10.6 Å². The number of halogens is 2. The van der Waals surface area contributed by atoms with Crippen molar-refractivity contribution in [2.75, 3.05) is 10.6 Å². The second kappa shape index (κ2) is 8.01. The average molecular weight is 387 g/mol. The monoisotopic (exact) mass is 386 g/mol. The fraction of sp³-hybridized carbons (Fsp3) is 0.105. The summed E-state index contributed by atoms with van der Waals surface area (Å²) < 4.78 is 15.3. The van der Waals surface area contributed by atoms with Crippen molar-refractivity contribution in [2.24, 2.45) is 0 Å². The van der Waals surface area contributed by atoms with Gasteiger partial charge >= 0.3 is 0 Å². The van der Waals surface area contributed by atoms with Gasteiger partial charge in [0.2, 0.25) is 5.91 Å². The summed E-state index contributed by atoms with van der Waals surface area (Å²) in [6.07, 6.45) is 3.29. The maximum absolute atomic E-state index is 13.8. The summed E-state index contributed by atoms with van der Waals surface area (Å²) in [5.74, 6) is -1.57. The van der Waals surface area contributed by atoms with Gasteiger partial charge in [-0.2, -0.15) is 5.10 Å². The third kappa shape index (κ3) is 4.51. The molecule has 0 aliphatic rings. The van der Waals surface area contributed by atoms with Crippen molar-refractivity contribution in [1.82, 2.24) is 9.78 Å². The molecule has 0 spiro atoms. The number of benzene rings is 2. The zero-order valence-electron chi connectivity index (χ0n) is 14.3. The molecule has 8 heteroatoms. The molecule has 0 aliphatic carbocycles. The summed E-state index contributed by atoms with van der Waals surface area (Å²) in [4.78, 5) is 24.6. The van der Waals surface area contributed by atoms with E-state index in [0.29, 0.717) is 11.4 Å². The molecule has 0 aliphatic heterocycles. The molecule has 1 heterocycles. The normalized spacial score (nSPS) is 11.7. The zero-order valence-corrected chi connectivity index (χ0v) is 15.1. The lowest BCUT2D eigenvalue weighted by Crippen LogP contribution is -2.24. The topological polar surface area (TPSA) is 76.0 Å². The summed E-state index contributed by atoms with van der Waals surface area (Å²) >= 11 is 5.82. The molecule has 1 aromatic heterocycles. The van der Waals surface area contributed by atoms with Gasteiger partial charge in [-0.25, -0.2) is 4.39 Å². The predicted octanol–water partition coefficient (Wildman–Crippen LogP) is 4.13. The molecule has 1 atom stereocenters. The summed E-state index contributed by atoms with van der Waals surface area (Å²) in [7, 11) is 0. The number of rotatable bonds is 5. The van der Waals surface area contributed by atoms with Crippen LogP contribution in [0, 0.1) is 5.82 Å². The van der Waals surface area contributed by atoms with Gasteiger partial charge in [0.1, 0.15) is 11.9 Å². The second-order valence-corrected chi connectivity index (χ2v) is 6.25. The Balaban J connectivity index is 1.71. The SMILES string of the molecule is C[C@@H](C(=O)Nc1cccc(NC(=O)c2cc(Cl)ccc2F)c1)n1cccn1. The molecule has 2 amide bonds. The number of amides is 2. The first-order valence-electron chi connectivity index (χ1n) is 8.10. The van der Waals surface area contributed by atoms with Crippen molar-refractivity contribution in [3.05, 3.63) is 77.3 Å². The van der Waals surface area contributed by atoms with Crippen molar-refractivity contribution in [2.45, 2.75) is 13.0 Å². The van der Waals surface area contributed by atoms with Gasteiger partial charge in [0.25, 0.3) is 5.91 Å². The van der Waals surface area contributed by atoms with E-state index >= 15 is 0 Å². The summed E-state index contributed by atoms with van der Waals surface area (Å²) in [6, 6.07) is 11.5. The van der Waals surface area contributed by atoms with E-state index < -0.39 is 17.8 Å². The van der Waals surface area contributed by atoms with Gasteiger partial charge < -0.3 is 10.6 Å². The van der Waals surface area contributed by atoms with Crippen molar-refractivity contribution in [1.29, 1.82) is 0 Å². The first-order valence-corrected chi connectivity index (χ1v) is 8.48. The Morgan fingerprint density at radius 3 is 2.56 bits per heavy atom. The van der Waals surface area contributed by atoms with E-state index in [1.54, 1.807) is 49.6 Å². The molecule has 3 rings (SSSR count). The molecule has 2 aromatic carbocycles. The molecule has 138 valence electrons. The highest BCUT2D eigenvalue weighted by molar-refractivity contribution is 6.31. The maximum atomic E-state index is 13.8. The van der Waals surface area contributed by atoms with Crippen LogP contribution in [0.4, 0.5) is 15.8 Å². The van der Waals surface area contributed by atoms with Gasteiger partial charge in [-0.3, -0.25) is 14.3 Å². The smallest absolute Gasteiger partial charge is 0.258 e. The number of hydrogen-bond donors (Lipinski definition) is 2. The predicted molar refractivity (Wildman–Crippen MR) is 101 cm³/mol. The van der Waals surface area contributed by atoms with Crippen LogP contribution in [0.2, 0.25) is 5.02 Å². The Morgan fingerprint density at radius 2 is 1.85 bits per heavy atom. The van der Waals surface area contributed by atoms with E-state index in [4.69, 9.17) is 11.6 Å². The van der Waals surface area contributed by atoms with Crippen molar-refractivity contribution >= 4 is 34.8 Å². The van der Waals surface area contributed by atoms with E-state index in [0.717, 1.165) is 6.07 Å². The lowest BCUT2D eigenvalue weighted by Gasteiger charge is -2.13. The number of aromatic nitrogens is 2. The van der Waals surface area contributed by atoms with Crippen molar-refractivity contribution in [3.63, 3.8) is 0 Å². The molecule has 0 saturated carbocycles. The summed E-state index contributed by atoms with van der Waals surface area (Å²) in [6.45, 7) is 1.72. The molecule has 27 heavy (non-hydrogen) atoms. The van der Waals surface area contributed by atoms with Crippen LogP contribution in [0.5, 0.6) is 0 Å². The van der Waals surface area contributed by atoms with E-state index in [1.165, 1.54) is 16.8 Å². The van der Waals surface area contributed by atoms with Crippen LogP contribution in [0.25, 0.3) is 0 Å². The van der Waals surface area contributed by atoms with Crippen molar-refractivity contribution < 1.29 is 14.0 Å². The summed E-state index contributed by atoms with van der Waals surface area (Å²) in [5, 5.41) is 9.64. The van der Waals surface area contributed by atoms with Crippen molar-refractivity contribution in [3.8, 4) is 0 Å². The van der Waals surface area contributed by atoms with Gasteiger partial charge in [-0.05, 0) is 49.4 Å². The van der Waals surface area contributed by atoms with Crippen LogP contribution in [0.3, 0.4) is 0 Å².